The maximum atomic E-state index is 12.2. The number of likely N-dealkylation sites (tertiary alicyclic amines) is 1. The van der Waals surface area contributed by atoms with Crippen molar-refractivity contribution in [3.05, 3.63) is 23.0 Å². The van der Waals surface area contributed by atoms with Crippen LogP contribution < -0.4 is 5.73 Å². The van der Waals surface area contributed by atoms with E-state index in [0.29, 0.717) is 11.4 Å². The summed E-state index contributed by atoms with van der Waals surface area (Å²) >= 11 is 0. The zero-order valence-electron chi connectivity index (χ0n) is 11.8. The van der Waals surface area contributed by atoms with Crippen LogP contribution in [-0.4, -0.2) is 21.7 Å². The van der Waals surface area contributed by atoms with Crippen LogP contribution in [0.25, 0.3) is 0 Å². The Morgan fingerprint density at radius 2 is 2.00 bits per heavy atom. The number of nitrogen functional groups attached to an aromatic ring is 1. The zero-order valence-corrected chi connectivity index (χ0v) is 11.8. The van der Waals surface area contributed by atoms with Crippen molar-refractivity contribution in [1.29, 1.82) is 0 Å². The van der Waals surface area contributed by atoms with Crippen molar-refractivity contribution in [2.24, 2.45) is 5.41 Å². The van der Waals surface area contributed by atoms with Gasteiger partial charge >= 0.3 is 0 Å². The Bertz CT molecular complexity index is 564. The molecule has 0 radical (unpaired) electrons. The number of imide groups is 1. The van der Waals surface area contributed by atoms with Gasteiger partial charge in [-0.05, 0) is 25.0 Å². The summed E-state index contributed by atoms with van der Waals surface area (Å²) < 4.78 is 0. The van der Waals surface area contributed by atoms with Crippen LogP contribution in [0.1, 0.15) is 37.1 Å². The first-order chi connectivity index (χ1) is 8.74. The van der Waals surface area contributed by atoms with Gasteiger partial charge in [0.2, 0.25) is 11.8 Å². The lowest BCUT2D eigenvalue weighted by molar-refractivity contribution is -0.141. The summed E-state index contributed by atoms with van der Waals surface area (Å²) in [7, 11) is 0. The van der Waals surface area contributed by atoms with E-state index in [9.17, 15) is 9.59 Å². The van der Waals surface area contributed by atoms with Gasteiger partial charge < -0.3 is 5.73 Å². The summed E-state index contributed by atoms with van der Waals surface area (Å²) in [5, 5.41) is 0. The quantitative estimate of drug-likeness (QED) is 0.820. The molecule has 1 aromatic rings. The van der Waals surface area contributed by atoms with Gasteiger partial charge in [0.05, 0.1) is 17.7 Å². The first kappa shape index (κ1) is 13.5. The number of aromatic nitrogens is 1. The van der Waals surface area contributed by atoms with Crippen molar-refractivity contribution >= 4 is 17.5 Å². The zero-order chi connectivity index (χ0) is 14.4. The molecule has 2 N–H and O–H groups in total. The fraction of sp³-hybridized carbons (Fsp3) is 0.500. The number of anilines is 1. The van der Waals surface area contributed by atoms with E-state index < -0.39 is 5.41 Å². The van der Waals surface area contributed by atoms with Gasteiger partial charge in [-0.25, -0.2) is 0 Å². The highest BCUT2D eigenvalue weighted by Crippen LogP contribution is 2.33. The average Bonchev–Trinajstić information content (AvgIpc) is 2.51. The SMILES string of the molecule is Cc1cnc(CN2C(=O)CC(C)(C)C2=O)c(C)c1N. The van der Waals surface area contributed by atoms with E-state index in [1.165, 1.54) is 4.90 Å². The predicted molar refractivity (Wildman–Crippen MR) is 72.1 cm³/mol. The third-order valence-electron chi connectivity index (χ3n) is 3.70. The highest BCUT2D eigenvalue weighted by Gasteiger charge is 2.44. The molecule has 5 heteroatoms. The van der Waals surface area contributed by atoms with Crippen molar-refractivity contribution < 1.29 is 9.59 Å². The van der Waals surface area contributed by atoms with Crippen LogP contribution in [0.15, 0.2) is 6.20 Å². The fourth-order valence-electron chi connectivity index (χ4n) is 2.29. The summed E-state index contributed by atoms with van der Waals surface area (Å²) in [6, 6.07) is 0. The Morgan fingerprint density at radius 1 is 1.37 bits per heavy atom. The van der Waals surface area contributed by atoms with Crippen LogP contribution in [0.2, 0.25) is 0 Å². The Balaban J connectivity index is 2.30. The molecule has 0 spiro atoms. The first-order valence-electron chi connectivity index (χ1n) is 6.29. The lowest BCUT2D eigenvalue weighted by Gasteiger charge is -2.19. The average molecular weight is 261 g/mol. The number of rotatable bonds is 2. The number of hydrogen-bond donors (Lipinski definition) is 1. The molecule has 0 unspecified atom stereocenters. The predicted octanol–water partition coefficient (Wildman–Crippen LogP) is 1.57. The summed E-state index contributed by atoms with van der Waals surface area (Å²) in [5.41, 5.74) is 8.44. The van der Waals surface area contributed by atoms with E-state index >= 15 is 0 Å². The standard InChI is InChI=1S/C14H19N3O2/c1-8-6-16-10(9(2)12(8)15)7-17-11(18)5-14(3,4)13(17)19/h6H,5,7H2,1-4H3,(H2,15,16). The molecule has 2 rings (SSSR count). The van der Waals surface area contributed by atoms with E-state index in [1.54, 1.807) is 20.0 Å². The topological polar surface area (TPSA) is 76.3 Å². The molecule has 1 aromatic heterocycles. The highest BCUT2D eigenvalue weighted by atomic mass is 16.2. The molecule has 102 valence electrons. The number of hydrogen-bond acceptors (Lipinski definition) is 4. The van der Waals surface area contributed by atoms with Gasteiger partial charge in [-0.15, -0.1) is 0 Å². The molecular weight excluding hydrogens is 242 g/mol. The fourth-order valence-corrected chi connectivity index (χ4v) is 2.29. The number of aryl methyl sites for hydroxylation is 1. The van der Waals surface area contributed by atoms with Gasteiger partial charge in [-0.2, -0.15) is 0 Å². The third kappa shape index (κ3) is 2.20. The number of carbonyl (C=O) groups excluding carboxylic acids is 2. The minimum absolute atomic E-state index is 0.141. The van der Waals surface area contributed by atoms with E-state index in [0.717, 1.165) is 11.1 Å². The lowest BCUT2D eigenvalue weighted by Crippen LogP contribution is -2.33. The molecule has 1 aliphatic heterocycles. The maximum absolute atomic E-state index is 12.2. The Morgan fingerprint density at radius 3 is 2.53 bits per heavy atom. The van der Waals surface area contributed by atoms with Crippen LogP contribution in [0.5, 0.6) is 0 Å². The van der Waals surface area contributed by atoms with Crippen LogP contribution in [0, 0.1) is 19.3 Å². The van der Waals surface area contributed by atoms with Gasteiger partial charge in [0.1, 0.15) is 0 Å². The molecule has 0 aliphatic carbocycles. The van der Waals surface area contributed by atoms with Crippen LogP contribution in [-0.2, 0) is 16.1 Å². The summed E-state index contributed by atoms with van der Waals surface area (Å²) in [6.07, 6.45) is 1.93. The number of nitrogens with two attached hydrogens (primary N) is 1. The number of carbonyl (C=O) groups is 2. The lowest BCUT2D eigenvalue weighted by atomic mass is 9.92. The van der Waals surface area contributed by atoms with Crippen LogP contribution in [0.4, 0.5) is 5.69 Å². The third-order valence-corrected chi connectivity index (χ3v) is 3.70. The molecule has 0 aromatic carbocycles. The minimum Gasteiger partial charge on any atom is -0.398 e. The van der Waals surface area contributed by atoms with Gasteiger partial charge in [0, 0.05) is 18.3 Å². The second-order valence-corrected chi connectivity index (χ2v) is 5.77. The largest absolute Gasteiger partial charge is 0.398 e. The number of pyridine rings is 1. The molecule has 1 saturated heterocycles. The second kappa shape index (κ2) is 4.33. The van der Waals surface area contributed by atoms with Gasteiger partial charge in [0.25, 0.3) is 0 Å². The first-order valence-corrected chi connectivity index (χ1v) is 6.29. The van der Waals surface area contributed by atoms with Crippen molar-refractivity contribution in [1.82, 2.24) is 9.88 Å². The van der Waals surface area contributed by atoms with Crippen molar-refractivity contribution in [3.63, 3.8) is 0 Å². The van der Waals surface area contributed by atoms with Crippen molar-refractivity contribution in [2.75, 3.05) is 5.73 Å². The van der Waals surface area contributed by atoms with E-state index in [2.05, 4.69) is 4.98 Å². The minimum atomic E-state index is -0.610. The molecule has 2 amide bonds. The summed E-state index contributed by atoms with van der Waals surface area (Å²) in [5.74, 6) is -0.284. The summed E-state index contributed by atoms with van der Waals surface area (Å²) in [6.45, 7) is 7.53. The Labute approximate surface area is 112 Å². The van der Waals surface area contributed by atoms with Crippen molar-refractivity contribution in [2.45, 2.75) is 40.7 Å². The van der Waals surface area contributed by atoms with Gasteiger partial charge in [-0.3, -0.25) is 19.5 Å². The highest BCUT2D eigenvalue weighted by molar-refractivity contribution is 6.05. The molecular formula is C14H19N3O2. The Hall–Kier alpha value is -1.91. The molecule has 0 atom stereocenters. The van der Waals surface area contributed by atoms with E-state index in [1.807, 2.05) is 13.8 Å². The van der Waals surface area contributed by atoms with Crippen molar-refractivity contribution in [3.8, 4) is 0 Å². The molecule has 0 saturated carbocycles. The number of nitrogens with zero attached hydrogens (tertiary/aromatic N) is 2. The summed E-state index contributed by atoms with van der Waals surface area (Å²) in [4.78, 5) is 29.6. The molecule has 1 fully saturated rings. The molecule has 0 bridgehead atoms. The normalized spacial score (nSPS) is 18.2. The second-order valence-electron chi connectivity index (χ2n) is 5.77. The monoisotopic (exact) mass is 261 g/mol. The Kier molecular flexibility index (Phi) is 3.08. The molecule has 19 heavy (non-hydrogen) atoms. The van der Waals surface area contributed by atoms with E-state index in [-0.39, 0.29) is 24.8 Å². The van der Waals surface area contributed by atoms with Crippen LogP contribution in [0.3, 0.4) is 0 Å². The molecule has 5 nitrogen and oxygen atoms in total. The number of amides is 2. The molecule has 2 heterocycles. The van der Waals surface area contributed by atoms with E-state index in [4.69, 9.17) is 5.73 Å². The van der Waals surface area contributed by atoms with Crippen LogP contribution >= 0.6 is 0 Å². The van der Waals surface area contributed by atoms with Gasteiger partial charge in [0.15, 0.2) is 0 Å². The van der Waals surface area contributed by atoms with Gasteiger partial charge in [-0.1, -0.05) is 13.8 Å². The maximum Gasteiger partial charge on any atom is 0.235 e. The smallest absolute Gasteiger partial charge is 0.235 e. The molecule has 1 aliphatic rings.